The van der Waals surface area contributed by atoms with Crippen LogP contribution in [0, 0.1) is 5.92 Å². The molecule has 0 N–H and O–H groups in total. The molecule has 0 heteroatoms. The van der Waals surface area contributed by atoms with Gasteiger partial charge >= 0.3 is 0 Å². The third-order valence-corrected chi connectivity index (χ3v) is 1.99. The maximum Gasteiger partial charge on any atom is -0.0262 e. The minimum absolute atomic E-state index is 0.838. The van der Waals surface area contributed by atoms with Gasteiger partial charge < -0.3 is 0 Å². The third kappa shape index (κ3) is 2.69. The van der Waals surface area contributed by atoms with Gasteiger partial charge in [-0.05, 0) is 25.2 Å². The second-order valence-electron chi connectivity index (χ2n) is 3.04. The lowest BCUT2D eigenvalue weighted by Gasteiger charge is -2.08. The summed E-state index contributed by atoms with van der Waals surface area (Å²) in [5.41, 5.74) is 0. The van der Waals surface area contributed by atoms with Crippen LogP contribution in [-0.4, -0.2) is 0 Å². The van der Waals surface area contributed by atoms with Crippen molar-refractivity contribution in [2.24, 2.45) is 5.92 Å². The third-order valence-electron chi connectivity index (χ3n) is 1.99. The molecule has 0 bridgehead atoms. The molecule has 1 aliphatic carbocycles. The fourth-order valence-electron chi connectivity index (χ4n) is 1.33. The van der Waals surface area contributed by atoms with Crippen LogP contribution in [0.3, 0.4) is 0 Å². The van der Waals surface area contributed by atoms with Crippen LogP contribution in [0.4, 0.5) is 0 Å². The van der Waals surface area contributed by atoms with Crippen molar-refractivity contribution in [1.29, 1.82) is 0 Å². The van der Waals surface area contributed by atoms with Crippen LogP contribution in [0.15, 0.2) is 12.2 Å². The summed E-state index contributed by atoms with van der Waals surface area (Å²) in [5.74, 6) is 0.838. The molecule has 9 heavy (non-hydrogen) atoms. The van der Waals surface area contributed by atoms with E-state index in [1.54, 1.807) is 0 Å². The van der Waals surface area contributed by atoms with Gasteiger partial charge in [-0.1, -0.05) is 31.9 Å². The van der Waals surface area contributed by atoms with Gasteiger partial charge in [0.1, 0.15) is 0 Å². The zero-order chi connectivity index (χ0) is 6.53. The molecule has 1 unspecified atom stereocenters. The molecule has 52 valence electrons. The van der Waals surface area contributed by atoms with Gasteiger partial charge in [0.05, 0.1) is 0 Å². The molecule has 0 aromatic heterocycles. The van der Waals surface area contributed by atoms with Crippen molar-refractivity contribution in [2.45, 2.75) is 39.0 Å². The highest BCUT2D eigenvalue weighted by atomic mass is 14.0. The summed E-state index contributed by atoms with van der Waals surface area (Å²) in [5, 5.41) is 0. The molecule has 1 rings (SSSR count). The first kappa shape index (κ1) is 6.85. The van der Waals surface area contributed by atoms with Crippen LogP contribution in [0.2, 0.25) is 0 Å². The minimum Gasteiger partial charge on any atom is -0.0883 e. The number of hydrogen-bond donors (Lipinski definition) is 0. The lowest BCUT2D eigenvalue weighted by Crippen LogP contribution is -1.92. The van der Waals surface area contributed by atoms with Crippen LogP contribution < -0.4 is 0 Å². The van der Waals surface area contributed by atoms with Crippen LogP contribution >= 0.6 is 0 Å². The lowest BCUT2D eigenvalue weighted by atomic mass is 9.98. The Morgan fingerprint density at radius 2 is 2.11 bits per heavy atom. The summed E-state index contributed by atoms with van der Waals surface area (Å²) >= 11 is 0. The van der Waals surface area contributed by atoms with Crippen LogP contribution in [0.5, 0.6) is 0 Å². The van der Waals surface area contributed by atoms with Crippen molar-refractivity contribution in [3.8, 4) is 0 Å². The summed E-state index contributed by atoms with van der Waals surface area (Å²) in [6, 6.07) is 0. The minimum atomic E-state index is 0.838. The number of rotatable bonds is 0. The Hall–Kier alpha value is -0.260. The first-order chi connectivity index (χ1) is 4.39. The summed E-state index contributed by atoms with van der Waals surface area (Å²) < 4.78 is 0. The van der Waals surface area contributed by atoms with E-state index < -0.39 is 0 Å². The Morgan fingerprint density at radius 1 is 1.22 bits per heavy atom. The van der Waals surface area contributed by atoms with E-state index in [1.165, 1.54) is 32.1 Å². The SMILES string of the molecule is CC1/C=C/CCCCC1. The smallest absolute Gasteiger partial charge is 0.0262 e. The molecular weight excluding hydrogens is 108 g/mol. The highest BCUT2D eigenvalue weighted by Crippen LogP contribution is 2.15. The Kier molecular flexibility index (Phi) is 2.82. The van der Waals surface area contributed by atoms with Crippen molar-refractivity contribution in [1.82, 2.24) is 0 Å². The predicted molar refractivity (Wildman–Crippen MR) is 41.4 cm³/mol. The van der Waals surface area contributed by atoms with E-state index in [1.807, 2.05) is 0 Å². The fraction of sp³-hybridized carbons (Fsp3) is 0.778. The second kappa shape index (κ2) is 3.71. The molecule has 0 aromatic carbocycles. The molecule has 0 spiro atoms. The van der Waals surface area contributed by atoms with E-state index >= 15 is 0 Å². The lowest BCUT2D eigenvalue weighted by molar-refractivity contribution is 0.552. The van der Waals surface area contributed by atoms with Gasteiger partial charge in [0.2, 0.25) is 0 Å². The molecule has 1 aliphatic rings. The maximum absolute atomic E-state index is 2.36. The quantitative estimate of drug-likeness (QED) is 0.435. The van der Waals surface area contributed by atoms with Crippen LogP contribution in [0.25, 0.3) is 0 Å². The molecule has 0 heterocycles. The van der Waals surface area contributed by atoms with E-state index in [9.17, 15) is 0 Å². The largest absolute Gasteiger partial charge is 0.0883 e. The van der Waals surface area contributed by atoms with Crippen molar-refractivity contribution >= 4 is 0 Å². The monoisotopic (exact) mass is 124 g/mol. The molecule has 0 saturated carbocycles. The first-order valence-electron chi connectivity index (χ1n) is 4.06. The highest BCUT2D eigenvalue weighted by molar-refractivity contribution is 4.87. The van der Waals surface area contributed by atoms with Gasteiger partial charge in [0.15, 0.2) is 0 Å². The molecule has 0 saturated heterocycles. The average Bonchev–Trinajstić information content (AvgIpc) is 1.79. The molecule has 0 amide bonds. The van der Waals surface area contributed by atoms with Gasteiger partial charge in [-0.15, -0.1) is 0 Å². The van der Waals surface area contributed by atoms with Gasteiger partial charge in [0.25, 0.3) is 0 Å². The van der Waals surface area contributed by atoms with E-state index in [0.29, 0.717) is 0 Å². The van der Waals surface area contributed by atoms with Crippen molar-refractivity contribution in [3.63, 3.8) is 0 Å². The molecule has 0 nitrogen and oxygen atoms in total. The average molecular weight is 124 g/mol. The van der Waals surface area contributed by atoms with Gasteiger partial charge in [0, 0.05) is 0 Å². The Morgan fingerprint density at radius 3 is 3.00 bits per heavy atom. The van der Waals surface area contributed by atoms with Crippen LogP contribution in [-0.2, 0) is 0 Å². The first-order valence-corrected chi connectivity index (χ1v) is 4.06. The predicted octanol–water partition coefficient (Wildman–Crippen LogP) is 3.14. The van der Waals surface area contributed by atoms with Gasteiger partial charge in [-0.3, -0.25) is 0 Å². The number of hydrogen-bond acceptors (Lipinski definition) is 0. The normalized spacial score (nSPS) is 32.8. The molecular formula is C9H16. The van der Waals surface area contributed by atoms with Crippen LogP contribution in [0.1, 0.15) is 39.0 Å². The zero-order valence-corrected chi connectivity index (χ0v) is 6.27. The van der Waals surface area contributed by atoms with E-state index in [0.717, 1.165) is 5.92 Å². The summed E-state index contributed by atoms with van der Waals surface area (Å²) in [6.07, 6.45) is 11.7. The maximum atomic E-state index is 2.36. The van der Waals surface area contributed by atoms with Crippen molar-refractivity contribution < 1.29 is 0 Å². The van der Waals surface area contributed by atoms with Crippen molar-refractivity contribution in [3.05, 3.63) is 12.2 Å². The molecule has 0 radical (unpaired) electrons. The zero-order valence-electron chi connectivity index (χ0n) is 6.27. The van der Waals surface area contributed by atoms with E-state index in [4.69, 9.17) is 0 Å². The van der Waals surface area contributed by atoms with Gasteiger partial charge in [-0.25, -0.2) is 0 Å². The Labute approximate surface area is 58.0 Å². The molecule has 1 atom stereocenters. The van der Waals surface area contributed by atoms with Gasteiger partial charge in [-0.2, -0.15) is 0 Å². The Bertz CT molecular complexity index is 92.2. The standard InChI is InChI=1S/C9H16/c1-9-7-5-3-2-4-6-8-9/h5,7,9H,2-4,6,8H2,1H3/b7-5+. The topological polar surface area (TPSA) is 0 Å². The van der Waals surface area contributed by atoms with E-state index in [-0.39, 0.29) is 0 Å². The summed E-state index contributed by atoms with van der Waals surface area (Å²) in [7, 11) is 0. The summed E-state index contributed by atoms with van der Waals surface area (Å²) in [4.78, 5) is 0. The molecule has 0 aromatic rings. The number of allylic oxidation sites excluding steroid dienone is 2. The second-order valence-corrected chi connectivity index (χ2v) is 3.04. The molecule has 0 aliphatic heterocycles. The Balaban J connectivity index is 2.30. The van der Waals surface area contributed by atoms with Crippen molar-refractivity contribution in [2.75, 3.05) is 0 Å². The molecule has 0 fully saturated rings. The van der Waals surface area contributed by atoms with E-state index in [2.05, 4.69) is 19.1 Å². The fourth-order valence-corrected chi connectivity index (χ4v) is 1.33. The highest BCUT2D eigenvalue weighted by Gasteiger charge is 1.98. The summed E-state index contributed by atoms with van der Waals surface area (Å²) in [6.45, 7) is 2.31.